The van der Waals surface area contributed by atoms with Crippen molar-refractivity contribution in [3.8, 4) is 0 Å². The van der Waals surface area contributed by atoms with Gasteiger partial charge in [0, 0.05) is 18.9 Å². The molecule has 1 heterocycles. The van der Waals surface area contributed by atoms with Gasteiger partial charge in [0.2, 0.25) is 0 Å². The van der Waals surface area contributed by atoms with Crippen LogP contribution < -0.4 is 5.73 Å². The number of nitrogens with two attached hydrogens (primary N) is 1. The van der Waals surface area contributed by atoms with Crippen molar-refractivity contribution in [1.82, 2.24) is 4.98 Å². The second-order valence-corrected chi connectivity index (χ2v) is 4.52. The Labute approximate surface area is 91.9 Å². The molecular weight excluding hydrogens is 184 g/mol. The molecule has 2 N–H and O–H groups in total. The third kappa shape index (κ3) is 2.78. The highest BCUT2D eigenvalue weighted by molar-refractivity contribution is 5.21. The molecule has 0 unspecified atom stereocenters. The number of pyridine rings is 1. The predicted octanol–water partition coefficient (Wildman–Crippen LogP) is 2.98. The number of hydrogen-bond donors (Lipinski definition) is 1. The summed E-state index contributed by atoms with van der Waals surface area (Å²) in [7, 11) is 0. The molecule has 0 aliphatic heterocycles. The molecule has 1 fully saturated rings. The van der Waals surface area contributed by atoms with Gasteiger partial charge in [-0.05, 0) is 29.9 Å². The molecule has 1 saturated carbocycles. The minimum absolute atomic E-state index is 0.605. The van der Waals surface area contributed by atoms with Crippen LogP contribution in [0.5, 0.6) is 0 Å². The van der Waals surface area contributed by atoms with E-state index in [1.807, 2.05) is 12.4 Å². The summed E-state index contributed by atoms with van der Waals surface area (Å²) in [6.45, 7) is 0.605. The van der Waals surface area contributed by atoms with Crippen LogP contribution in [0.2, 0.25) is 0 Å². The van der Waals surface area contributed by atoms with Gasteiger partial charge in [-0.15, -0.1) is 0 Å². The van der Waals surface area contributed by atoms with Gasteiger partial charge in [-0.3, -0.25) is 4.98 Å². The Morgan fingerprint density at radius 3 is 2.53 bits per heavy atom. The van der Waals surface area contributed by atoms with Crippen LogP contribution in [0.15, 0.2) is 18.5 Å². The summed E-state index contributed by atoms with van der Waals surface area (Å²) in [5.74, 6) is 0.728. The topological polar surface area (TPSA) is 38.9 Å². The fourth-order valence-electron chi connectivity index (χ4n) is 2.46. The molecule has 2 rings (SSSR count). The SMILES string of the molecule is NCc1cncc(C2CCCCCC2)c1. The Bertz CT molecular complexity index is 301. The van der Waals surface area contributed by atoms with Crippen molar-refractivity contribution in [2.24, 2.45) is 5.73 Å². The normalized spacial score (nSPS) is 18.7. The van der Waals surface area contributed by atoms with Gasteiger partial charge in [0.25, 0.3) is 0 Å². The van der Waals surface area contributed by atoms with Crippen LogP contribution >= 0.6 is 0 Å². The summed E-state index contributed by atoms with van der Waals surface area (Å²) in [6, 6.07) is 2.24. The average molecular weight is 204 g/mol. The van der Waals surface area contributed by atoms with Gasteiger partial charge in [-0.25, -0.2) is 0 Å². The average Bonchev–Trinajstić information content (AvgIpc) is 2.58. The summed E-state index contributed by atoms with van der Waals surface area (Å²) < 4.78 is 0. The van der Waals surface area contributed by atoms with Crippen LogP contribution in [-0.4, -0.2) is 4.98 Å². The third-order valence-electron chi connectivity index (χ3n) is 3.38. The number of aromatic nitrogens is 1. The van der Waals surface area contributed by atoms with Crippen LogP contribution in [-0.2, 0) is 6.54 Å². The quantitative estimate of drug-likeness (QED) is 0.752. The van der Waals surface area contributed by atoms with Crippen LogP contribution in [0.4, 0.5) is 0 Å². The molecule has 2 heteroatoms. The summed E-state index contributed by atoms with van der Waals surface area (Å²) in [6.07, 6.45) is 12.1. The lowest BCUT2D eigenvalue weighted by Gasteiger charge is -2.14. The van der Waals surface area contributed by atoms with Crippen molar-refractivity contribution < 1.29 is 0 Å². The molecule has 0 spiro atoms. The highest BCUT2D eigenvalue weighted by Gasteiger charge is 2.14. The molecule has 0 radical (unpaired) electrons. The van der Waals surface area contributed by atoms with Gasteiger partial charge in [0.1, 0.15) is 0 Å². The fourth-order valence-corrected chi connectivity index (χ4v) is 2.46. The van der Waals surface area contributed by atoms with E-state index in [1.54, 1.807) is 0 Å². The first kappa shape index (κ1) is 10.6. The van der Waals surface area contributed by atoms with Gasteiger partial charge in [-0.2, -0.15) is 0 Å². The monoisotopic (exact) mass is 204 g/mol. The molecular formula is C13H20N2. The van der Waals surface area contributed by atoms with E-state index in [1.165, 1.54) is 44.1 Å². The maximum Gasteiger partial charge on any atom is 0.0312 e. The molecule has 1 aliphatic carbocycles. The maximum atomic E-state index is 5.64. The van der Waals surface area contributed by atoms with Gasteiger partial charge in [-0.1, -0.05) is 31.7 Å². The Morgan fingerprint density at radius 1 is 1.13 bits per heavy atom. The van der Waals surface area contributed by atoms with E-state index in [-0.39, 0.29) is 0 Å². The number of hydrogen-bond acceptors (Lipinski definition) is 2. The first-order valence-electron chi connectivity index (χ1n) is 6.04. The zero-order chi connectivity index (χ0) is 10.5. The van der Waals surface area contributed by atoms with Crippen LogP contribution in [0.25, 0.3) is 0 Å². The second-order valence-electron chi connectivity index (χ2n) is 4.52. The van der Waals surface area contributed by atoms with Crippen LogP contribution in [0, 0.1) is 0 Å². The molecule has 1 aromatic rings. The summed E-state index contributed by atoms with van der Waals surface area (Å²) in [4.78, 5) is 4.28. The number of rotatable bonds is 2. The van der Waals surface area contributed by atoms with Crippen molar-refractivity contribution in [2.75, 3.05) is 0 Å². The van der Waals surface area contributed by atoms with Crippen molar-refractivity contribution in [1.29, 1.82) is 0 Å². The lowest BCUT2D eigenvalue weighted by molar-refractivity contribution is 0.590. The van der Waals surface area contributed by atoms with E-state index >= 15 is 0 Å². The van der Waals surface area contributed by atoms with E-state index < -0.39 is 0 Å². The maximum absolute atomic E-state index is 5.64. The predicted molar refractivity (Wildman–Crippen MR) is 62.6 cm³/mol. The molecule has 0 aromatic carbocycles. The fraction of sp³-hybridized carbons (Fsp3) is 0.615. The zero-order valence-corrected chi connectivity index (χ0v) is 9.28. The first-order valence-corrected chi connectivity index (χ1v) is 6.04. The molecule has 0 saturated heterocycles. The second kappa shape index (κ2) is 5.26. The molecule has 2 nitrogen and oxygen atoms in total. The first-order chi connectivity index (χ1) is 7.40. The molecule has 15 heavy (non-hydrogen) atoms. The molecule has 0 bridgehead atoms. The van der Waals surface area contributed by atoms with Gasteiger partial charge >= 0.3 is 0 Å². The third-order valence-corrected chi connectivity index (χ3v) is 3.38. The lowest BCUT2D eigenvalue weighted by Crippen LogP contribution is -2.02. The van der Waals surface area contributed by atoms with Crippen molar-refractivity contribution in [3.05, 3.63) is 29.6 Å². The Kier molecular flexibility index (Phi) is 3.73. The van der Waals surface area contributed by atoms with E-state index in [2.05, 4.69) is 11.1 Å². The van der Waals surface area contributed by atoms with Crippen LogP contribution in [0.1, 0.15) is 55.6 Å². The molecule has 0 atom stereocenters. The summed E-state index contributed by atoms with van der Waals surface area (Å²) >= 11 is 0. The highest BCUT2D eigenvalue weighted by Crippen LogP contribution is 2.31. The van der Waals surface area contributed by atoms with Crippen molar-refractivity contribution in [2.45, 2.75) is 51.0 Å². The lowest BCUT2D eigenvalue weighted by atomic mass is 9.92. The molecule has 0 amide bonds. The highest BCUT2D eigenvalue weighted by atomic mass is 14.6. The largest absolute Gasteiger partial charge is 0.326 e. The zero-order valence-electron chi connectivity index (χ0n) is 9.28. The smallest absolute Gasteiger partial charge is 0.0312 e. The van der Waals surface area contributed by atoms with Crippen molar-refractivity contribution in [3.63, 3.8) is 0 Å². The minimum Gasteiger partial charge on any atom is -0.326 e. The molecule has 1 aromatic heterocycles. The Hall–Kier alpha value is -0.890. The Balaban J connectivity index is 2.12. The van der Waals surface area contributed by atoms with Crippen LogP contribution in [0.3, 0.4) is 0 Å². The van der Waals surface area contributed by atoms with Gasteiger partial charge < -0.3 is 5.73 Å². The Morgan fingerprint density at radius 2 is 1.87 bits per heavy atom. The molecule has 1 aliphatic rings. The van der Waals surface area contributed by atoms with E-state index in [4.69, 9.17) is 5.73 Å². The summed E-state index contributed by atoms with van der Waals surface area (Å²) in [5, 5.41) is 0. The minimum atomic E-state index is 0.605. The van der Waals surface area contributed by atoms with E-state index in [0.717, 1.165) is 11.5 Å². The van der Waals surface area contributed by atoms with E-state index in [0.29, 0.717) is 6.54 Å². The van der Waals surface area contributed by atoms with Crippen molar-refractivity contribution >= 4 is 0 Å². The van der Waals surface area contributed by atoms with E-state index in [9.17, 15) is 0 Å². The summed E-state index contributed by atoms with van der Waals surface area (Å²) in [5.41, 5.74) is 8.21. The van der Waals surface area contributed by atoms with Gasteiger partial charge in [0.05, 0.1) is 0 Å². The van der Waals surface area contributed by atoms with Gasteiger partial charge in [0.15, 0.2) is 0 Å². The number of nitrogens with zero attached hydrogens (tertiary/aromatic N) is 1. The molecule has 82 valence electrons. The standard InChI is InChI=1S/C13H20N2/c14-8-11-7-13(10-15-9-11)12-5-3-1-2-4-6-12/h7,9-10,12H,1-6,8,14H2.